The van der Waals surface area contributed by atoms with Gasteiger partial charge in [-0.2, -0.15) is 0 Å². The second-order valence-electron chi connectivity index (χ2n) is 5.29. The average Bonchev–Trinajstić information content (AvgIpc) is 2.85. The Morgan fingerprint density at radius 3 is 2.65 bits per heavy atom. The number of amides is 1. The molecule has 1 atom stereocenters. The number of aryl methyl sites for hydroxylation is 2. The van der Waals surface area contributed by atoms with Crippen molar-refractivity contribution in [1.82, 2.24) is 0 Å². The Balaban J connectivity index is 2.14. The molecule has 1 unspecified atom stereocenters. The van der Waals surface area contributed by atoms with Gasteiger partial charge in [0.2, 0.25) is 0 Å². The van der Waals surface area contributed by atoms with Crippen LogP contribution in [0.25, 0.3) is 0 Å². The smallest absolute Gasteiger partial charge is 0.265 e. The zero-order valence-electron chi connectivity index (χ0n) is 12.6. The molecule has 1 aliphatic heterocycles. The number of primary amides is 1. The van der Waals surface area contributed by atoms with Crippen LogP contribution in [0.1, 0.15) is 9.75 Å². The summed E-state index contributed by atoms with van der Waals surface area (Å²) in [6, 6.07) is 8.36. The van der Waals surface area contributed by atoms with E-state index in [1.807, 2.05) is 6.92 Å². The van der Waals surface area contributed by atoms with Gasteiger partial charge in [0.05, 0.1) is 12.2 Å². The largest absolute Gasteiger partial charge is 0.476 e. The van der Waals surface area contributed by atoms with Crippen LogP contribution in [0.2, 0.25) is 0 Å². The lowest BCUT2D eigenvalue weighted by Crippen LogP contribution is -2.49. The third-order valence-electron chi connectivity index (χ3n) is 3.62. The minimum atomic E-state index is -3.80. The van der Waals surface area contributed by atoms with Crippen molar-refractivity contribution < 1.29 is 17.9 Å². The van der Waals surface area contributed by atoms with E-state index in [1.54, 1.807) is 37.3 Å². The number of sulfonamides is 1. The highest BCUT2D eigenvalue weighted by Gasteiger charge is 2.37. The number of fused-ring (bicyclic) bond motifs is 1. The topological polar surface area (TPSA) is 89.7 Å². The SMILES string of the molecule is Cc1cc(S(=O)(=O)N2CC(C(N)=O)Oc3ccccc32)c(C)s1. The van der Waals surface area contributed by atoms with Gasteiger partial charge in [-0.05, 0) is 32.0 Å². The third-order valence-corrected chi connectivity index (χ3v) is 6.62. The van der Waals surface area contributed by atoms with Crippen molar-refractivity contribution in [3.05, 3.63) is 40.1 Å². The molecule has 2 N–H and O–H groups in total. The molecule has 2 aromatic rings. The van der Waals surface area contributed by atoms with Crippen molar-refractivity contribution in [1.29, 1.82) is 0 Å². The van der Waals surface area contributed by atoms with Gasteiger partial charge in [0.15, 0.2) is 6.10 Å². The van der Waals surface area contributed by atoms with Gasteiger partial charge in [0.1, 0.15) is 10.6 Å². The molecular formula is C15H16N2O4S2. The minimum absolute atomic E-state index is 0.136. The van der Waals surface area contributed by atoms with E-state index in [0.29, 0.717) is 16.3 Å². The first-order valence-electron chi connectivity index (χ1n) is 6.95. The number of nitrogens with zero attached hydrogens (tertiary/aromatic N) is 1. The van der Waals surface area contributed by atoms with Crippen LogP contribution in [-0.2, 0) is 14.8 Å². The lowest BCUT2D eigenvalue weighted by Gasteiger charge is -2.34. The first-order chi connectivity index (χ1) is 10.8. The summed E-state index contributed by atoms with van der Waals surface area (Å²) >= 11 is 1.42. The molecule has 0 spiro atoms. The first kappa shape index (κ1) is 15.8. The van der Waals surface area contributed by atoms with Gasteiger partial charge >= 0.3 is 0 Å². The summed E-state index contributed by atoms with van der Waals surface area (Å²) in [6.07, 6.45) is -1.01. The average molecular weight is 352 g/mol. The fourth-order valence-corrected chi connectivity index (χ4v) is 5.56. The Labute approximate surface area is 138 Å². The molecule has 23 heavy (non-hydrogen) atoms. The molecule has 2 heterocycles. The summed E-state index contributed by atoms with van der Waals surface area (Å²) in [6.45, 7) is 3.49. The van der Waals surface area contributed by atoms with Gasteiger partial charge in [-0.3, -0.25) is 9.10 Å². The minimum Gasteiger partial charge on any atom is -0.476 e. The number of carbonyl (C=O) groups excluding carboxylic acids is 1. The Kier molecular flexibility index (Phi) is 3.81. The van der Waals surface area contributed by atoms with Gasteiger partial charge in [0, 0.05) is 9.75 Å². The van der Waals surface area contributed by atoms with Crippen LogP contribution in [0.5, 0.6) is 5.75 Å². The molecule has 0 aliphatic carbocycles. The Hall–Kier alpha value is -2.06. The van der Waals surface area contributed by atoms with Crippen molar-refractivity contribution >= 4 is 33.0 Å². The first-order valence-corrected chi connectivity index (χ1v) is 9.21. The predicted octanol–water partition coefficient (Wildman–Crippen LogP) is 1.81. The number of carbonyl (C=O) groups is 1. The van der Waals surface area contributed by atoms with Crippen molar-refractivity contribution in [2.75, 3.05) is 10.8 Å². The Morgan fingerprint density at radius 2 is 2.04 bits per heavy atom. The molecule has 1 amide bonds. The number of thiophene rings is 1. The van der Waals surface area contributed by atoms with Gasteiger partial charge in [-0.25, -0.2) is 8.42 Å². The zero-order valence-corrected chi connectivity index (χ0v) is 14.3. The second kappa shape index (κ2) is 5.54. The van der Waals surface area contributed by atoms with Crippen LogP contribution < -0.4 is 14.8 Å². The van der Waals surface area contributed by atoms with E-state index in [4.69, 9.17) is 10.5 Å². The normalized spacial score (nSPS) is 17.5. The molecule has 6 nitrogen and oxygen atoms in total. The summed E-state index contributed by atoms with van der Waals surface area (Å²) in [4.78, 5) is 13.4. The molecule has 1 aliphatic rings. The molecule has 0 radical (unpaired) electrons. The van der Waals surface area contributed by atoms with Crippen LogP contribution in [0, 0.1) is 13.8 Å². The molecule has 122 valence electrons. The van der Waals surface area contributed by atoms with Crippen LogP contribution in [0.3, 0.4) is 0 Å². The number of benzene rings is 1. The summed E-state index contributed by atoms with van der Waals surface area (Å²) < 4.78 is 32.9. The lowest BCUT2D eigenvalue weighted by atomic mass is 10.2. The summed E-state index contributed by atoms with van der Waals surface area (Å²) in [7, 11) is -3.80. The van der Waals surface area contributed by atoms with Gasteiger partial charge in [-0.1, -0.05) is 12.1 Å². The van der Waals surface area contributed by atoms with Gasteiger partial charge in [0.25, 0.3) is 15.9 Å². The highest BCUT2D eigenvalue weighted by molar-refractivity contribution is 7.93. The lowest BCUT2D eigenvalue weighted by molar-refractivity contribution is -0.124. The molecule has 3 rings (SSSR count). The molecule has 1 aromatic heterocycles. The monoisotopic (exact) mass is 352 g/mol. The summed E-state index contributed by atoms with van der Waals surface area (Å²) in [5, 5.41) is 0. The van der Waals surface area contributed by atoms with E-state index >= 15 is 0 Å². The van der Waals surface area contributed by atoms with Gasteiger partial charge < -0.3 is 10.5 Å². The van der Waals surface area contributed by atoms with E-state index < -0.39 is 22.0 Å². The maximum Gasteiger partial charge on any atom is 0.265 e. The Bertz CT molecular complexity index is 873. The maximum atomic E-state index is 13.1. The molecule has 0 saturated carbocycles. The van der Waals surface area contributed by atoms with Crippen LogP contribution in [-0.4, -0.2) is 27.0 Å². The molecule has 8 heteroatoms. The molecule has 0 fully saturated rings. The number of para-hydroxylation sites is 2. The molecule has 0 bridgehead atoms. The molecular weight excluding hydrogens is 336 g/mol. The van der Waals surface area contributed by atoms with Crippen molar-refractivity contribution in [3.63, 3.8) is 0 Å². The van der Waals surface area contributed by atoms with Crippen molar-refractivity contribution in [2.24, 2.45) is 5.73 Å². The van der Waals surface area contributed by atoms with E-state index in [1.165, 1.54) is 15.6 Å². The Morgan fingerprint density at radius 1 is 1.35 bits per heavy atom. The number of hydrogen-bond donors (Lipinski definition) is 1. The third kappa shape index (κ3) is 2.68. The van der Waals surface area contributed by atoms with Crippen LogP contribution >= 0.6 is 11.3 Å². The van der Waals surface area contributed by atoms with Gasteiger partial charge in [-0.15, -0.1) is 11.3 Å². The fourth-order valence-electron chi connectivity index (χ4n) is 2.56. The van der Waals surface area contributed by atoms with E-state index in [0.717, 1.165) is 4.88 Å². The quantitative estimate of drug-likeness (QED) is 0.912. The fraction of sp³-hybridized carbons (Fsp3) is 0.267. The highest BCUT2D eigenvalue weighted by atomic mass is 32.2. The number of nitrogens with two attached hydrogens (primary N) is 1. The van der Waals surface area contributed by atoms with E-state index in [-0.39, 0.29) is 11.4 Å². The standard InChI is InChI=1S/C15H16N2O4S2/c1-9-7-14(10(2)22-9)23(19,20)17-8-13(15(16)18)21-12-6-4-3-5-11(12)17/h3-7,13H,8H2,1-2H3,(H2,16,18). The second-order valence-corrected chi connectivity index (χ2v) is 8.58. The summed E-state index contributed by atoms with van der Waals surface area (Å²) in [5.74, 6) is -0.367. The van der Waals surface area contributed by atoms with Crippen molar-refractivity contribution in [2.45, 2.75) is 24.8 Å². The number of ether oxygens (including phenoxy) is 1. The maximum absolute atomic E-state index is 13.1. The molecule has 0 saturated heterocycles. The van der Waals surface area contributed by atoms with Crippen LogP contribution in [0.15, 0.2) is 35.2 Å². The zero-order chi connectivity index (χ0) is 16.8. The summed E-state index contributed by atoms with van der Waals surface area (Å²) in [5.41, 5.74) is 5.73. The van der Waals surface area contributed by atoms with Crippen LogP contribution in [0.4, 0.5) is 5.69 Å². The van der Waals surface area contributed by atoms with E-state index in [9.17, 15) is 13.2 Å². The molecule has 1 aromatic carbocycles. The number of hydrogen-bond acceptors (Lipinski definition) is 5. The van der Waals surface area contributed by atoms with E-state index in [2.05, 4.69) is 0 Å². The predicted molar refractivity (Wildman–Crippen MR) is 88.4 cm³/mol. The highest BCUT2D eigenvalue weighted by Crippen LogP contribution is 2.38. The number of anilines is 1. The number of rotatable bonds is 3. The van der Waals surface area contributed by atoms with Crippen molar-refractivity contribution in [3.8, 4) is 5.75 Å².